The third-order valence-corrected chi connectivity index (χ3v) is 5.63. The standard InChI is InChI=1S/C27H22N2O/c1-18-14-21(12-13-28-18)20-8-6-19(7-9-20)15-27(30)29-24-10-11-26-23(17-24)16-22-4-2-3-5-25(22)26/h2-14,17H,15-16H2,1H3,(H,29,30). The van der Waals surface area contributed by atoms with Crippen LogP contribution in [0.5, 0.6) is 0 Å². The summed E-state index contributed by atoms with van der Waals surface area (Å²) in [6, 6.07) is 26.9. The number of rotatable bonds is 4. The maximum Gasteiger partial charge on any atom is 0.228 e. The fourth-order valence-corrected chi connectivity index (χ4v) is 4.15. The Morgan fingerprint density at radius 3 is 2.50 bits per heavy atom. The van der Waals surface area contributed by atoms with Crippen LogP contribution in [0.3, 0.4) is 0 Å². The Hall–Kier alpha value is -3.72. The largest absolute Gasteiger partial charge is 0.326 e. The summed E-state index contributed by atoms with van der Waals surface area (Å²) in [4.78, 5) is 16.8. The van der Waals surface area contributed by atoms with Crippen molar-refractivity contribution in [1.29, 1.82) is 0 Å². The van der Waals surface area contributed by atoms with E-state index >= 15 is 0 Å². The lowest BCUT2D eigenvalue weighted by atomic mass is 10.0. The normalized spacial score (nSPS) is 11.6. The topological polar surface area (TPSA) is 42.0 Å². The molecule has 0 radical (unpaired) electrons. The molecule has 1 aliphatic carbocycles. The molecule has 146 valence electrons. The molecule has 3 aromatic carbocycles. The first-order valence-electron chi connectivity index (χ1n) is 10.2. The minimum atomic E-state index is -0.00188. The molecule has 0 aliphatic heterocycles. The van der Waals surface area contributed by atoms with Crippen LogP contribution in [0.25, 0.3) is 22.3 Å². The number of amides is 1. The van der Waals surface area contributed by atoms with Gasteiger partial charge >= 0.3 is 0 Å². The van der Waals surface area contributed by atoms with Crippen molar-refractivity contribution in [3.8, 4) is 22.3 Å². The molecule has 1 aliphatic rings. The molecular weight excluding hydrogens is 368 g/mol. The zero-order chi connectivity index (χ0) is 20.5. The lowest BCUT2D eigenvalue weighted by molar-refractivity contribution is -0.115. The molecule has 4 aromatic rings. The molecule has 1 heterocycles. The molecule has 3 heteroatoms. The smallest absolute Gasteiger partial charge is 0.228 e. The Bertz CT molecular complexity index is 1240. The highest BCUT2D eigenvalue weighted by Crippen LogP contribution is 2.37. The number of carbonyl (C=O) groups excluding carboxylic acids is 1. The van der Waals surface area contributed by atoms with E-state index in [0.717, 1.165) is 34.5 Å². The van der Waals surface area contributed by atoms with Gasteiger partial charge in [0.25, 0.3) is 0 Å². The summed E-state index contributed by atoms with van der Waals surface area (Å²) in [6.07, 6.45) is 3.10. The molecule has 1 N–H and O–H groups in total. The molecule has 0 atom stereocenters. The number of anilines is 1. The SMILES string of the molecule is Cc1cc(-c2ccc(CC(=O)Nc3ccc4c(c3)Cc3ccccc3-4)cc2)ccn1. The number of benzene rings is 3. The van der Waals surface area contributed by atoms with Crippen molar-refractivity contribution in [2.24, 2.45) is 0 Å². The van der Waals surface area contributed by atoms with Gasteiger partial charge in [0.2, 0.25) is 5.91 Å². The van der Waals surface area contributed by atoms with E-state index in [1.165, 1.54) is 22.3 Å². The van der Waals surface area contributed by atoms with Crippen LogP contribution in [0.4, 0.5) is 5.69 Å². The second-order valence-corrected chi connectivity index (χ2v) is 7.81. The number of carbonyl (C=O) groups is 1. The van der Waals surface area contributed by atoms with Crippen LogP contribution in [0.15, 0.2) is 85.1 Å². The van der Waals surface area contributed by atoms with Crippen LogP contribution < -0.4 is 5.32 Å². The van der Waals surface area contributed by atoms with Crippen molar-refractivity contribution >= 4 is 11.6 Å². The van der Waals surface area contributed by atoms with Gasteiger partial charge in [0, 0.05) is 17.6 Å². The minimum Gasteiger partial charge on any atom is -0.326 e. The summed E-state index contributed by atoms with van der Waals surface area (Å²) >= 11 is 0. The summed E-state index contributed by atoms with van der Waals surface area (Å²) in [7, 11) is 0. The second-order valence-electron chi connectivity index (χ2n) is 7.81. The number of pyridine rings is 1. The number of aryl methyl sites for hydroxylation is 1. The monoisotopic (exact) mass is 390 g/mol. The van der Waals surface area contributed by atoms with Crippen LogP contribution in [0.2, 0.25) is 0 Å². The molecule has 5 rings (SSSR count). The van der Waals surface area contributed by atoms with Crippen molar-refractivity contribution < 1.29 is 4.79 Å². The van der Waals surface area contributed by atoms with Gasteiger partial charge in [0.1, 0.15) is 0 Å². The zero-order valence-corrected chi connectivity index (χ0v) is 16.9. The minimum absolute atomic E-state index is 0.00188. The molecule has 1 aromatic heterocycles. The number of nitrogens with zero attached hydrogens (tertiary/aromatic N) is 1. The predicted octanol–water partition coefficient (Wildman–Crippen LogP) is 5.81. The van der Waals surface area contributed by atoms with E-state index in [1.807, 2.05) is 37.4 Å². The van der Waals surface area contributed by atoms with Crippen LogP contribution in [-0.4, -0.2) is 10.9 Å². The molecule has 0 spiro atoms. The van der Waals surface area contributed by atoms with Crippen LogP contribution in [-0.2, 0) is 17.6 Å². The van der Waals surface area contributed by atoms with Gasteiger partial charge in [0.15, 0.2) is 0 Å². The third-order valence-electron chi connectivity index (χ3n) is 5.63. The van der Waals surface area contributed by atoms with E-state index in [9.17, 15) is 4.79 Å². The highest BCUT2D eigenvalue weighted by molar-refractivity contribution is 5.93. The predicted molar refractivity (Wildman–Crippen MR) is 121 cm³/mol. The summed E-state index contributed by atoms with van der Waals surface area (Å²) in [5, 5.41) is 3.05. The van der Waals surface area contributed by atoms with E-state index in [4.69, 9.17) is 0 Å². The molecule has 30 heavy (non-hydrogen) atoms. The highest BCUT2D eigenvalue weighted by Gasteiger charge is 2.18. The first-order chi connectivity index (χ1) is 14.7. The lowest BCUT2D eigenvalue weighted by Gasteiger charge is -2.09. The fourth-order valence-electron chi connectivity index (χ4n) is 4.15. The number of fused-ring (bicyclic) bond motifs is 3. The Labute approximate surface area is 176 Å². The number of aromatic nitrogens is 1. The molecule has 3 nitrogen and oxygen atoms in total. The Kier molecular flexibility index (Phi) is 4.64. The number of nitrogens with one attached hydrogen (secondary N) is 1. The second kappa shape index (κ2) is 7.60. The molecule has 0 bridgehead atoms. The molecule has 0 saturated carbocycles. The van der Waals surface area contributed by atoms with Crippen LogP contribution >= 0.6 is 0 Å². The molecular formula is C27H22N2O. The first-order valence-corrected chi connectivity index (χ1v) is 10.2. The summed E-state index contributed by atoms with van der Waals surface area (Å²) in [6.45, 7) is 1.99. The Balaban J connectivity index is 1.26. The maximum absolute atomic E-state index is 12.6. The van der Waals surface area contributed by atoms with Crippen molar-refractivity contribution in [3.05, 3.63) is 107 Å². The molecule has 0 saturated heterocycles. The van der Waals surface area contributed by atoms with E-state index in [-0.39, 0.29) is 5.91 Å². The fraction of sp³-hybridized carbons (Fsp3) is 0.111. The molecule has 1 amide bonds. The van der Waals surface area contributed by atoms with E-state index < -0.39 is 0 Å². The highest BCUT2D eigenvalue weighted by atomic mass is 16.1. The van der Waals surface area contributed by atoms with Crippen molar-refractivity contribution in [1.82, 2.24) is 4.98 Å². The summed E-state index contributed by atoms with van der Waals surface area (Å²) in [5.74, 6) is -0.00188. The van der Waals surface area contributed by atoms with Gasteiger partial charge in [-0.05, 0) is 76.6 Å². The van der Waals surface area contributed by atoms with Gasteiger partial charge in [0.05, 0.1) is 6.42 Å². The number of hydrogen-bond donors (Lipinski definition) is 1. The van der Waals surface area contributed by atoms with Gasteiger partial charge in [-0.15, -0.1) is 0 Å². The van der Waals surface area contributed by atoms with Gasteiger partial charge in [-0.3, -0.25) is 9.78 Å². The molecule has 0 fully saturated rings. The number of hydrogen-bond acceptors (Lipinski definition) is 2. The first kappa shape index (κ1) is 18.3. The quantitative estimate of drug-likeness (QED) is 0.421. The van der Waals surface area contributed by atoms with E-state index in [0.29, 0.717) is 6.42 Å². The third kappa shape index (κ3) is 3.62. The zero-order valence-electron chi connectivity index (χ0n) is 16.9. The maximum atomic E-state index is 12.6. The van der Waals surface area contributed by atoms with Crippen molar-refractivity contribution in [2.75, 3.05) is 5.32 Å². The Morgan fingerprint density at radius 1 is 0.867 bits per heavy atom. The van der Waals surface area contributed by atoms with E-state index in [1.54, 1.807) is 0 Å². The van der Waals surface area contributed by atoms with Crippen LogP contribution in [0, 0.1) is 6.92 Å². The van der Waals surface area contributed by atoms with Gasteiger partial charge < -0.3 is 5.32 Å². The van der Waals surface area contributed by atoms with E-state index in [2.05, 4.69) is 64.9 Å². The lowest BCUT2D eigenvalue weighted by Crippen LogP contribution is -2.14. The molecule has 0 unspecified atom stereocenters. The van der Waals surface area contributed by atoms with Gasteiger partial charge in [-0.1, -0.05) is 54.6 Å². The summed E-state index contributed by atoms with van der Waals surface area (Å²) < 4.78 is 0. The average molecular weight is 390 g/mol. The Morgan fingerprint density at radius 2 is 1.67 bits per heavy atom. The average Bonchev–Trinajstić information content (AvgIpc) is 3.12. The van der Waals surface area contributed by atoms with Crippen LogP contribution in [0.1, 0.15) is 22.4 Å². The van der Waals surface area contributed by atoms with Crippen molar-refractivity contribution in [2.45, 2.75) is 19.8 Å². The van der Waals surface area contributed by atoms with Crippen molar-refractivity contribution in [3.63, 3.8) is 0 Å². The van der Waals surface area contributed by atoms with Gasteiger partial charge in [-0.2, -0.15) is 0 Å². The van der Waals surface area contributed by atoms with Gasteiger partial charge in [-0.25, -0.2) is 0 Å². The summed E-state index contributed by atoms with van der Waals surface area (Å²) in [5.41, 5.74) is 10.3.